The Kier molecular flexibility index (Phi) is 5.00. The van der Waals surface area contributed by atoms with Gasteiger partial charge in [-0.25, -0.2) is 4.98 Å². The maximum absolute atomic E-state index is 6.36. The van der Waals surface area contributed by atoms with Crippen LogP contribution in [0.1, 0.15) is 17.2 Å². The average Bonchev–Trinajstić information content (AvgIpc) is 3.18. The van der Waals surface area contributed by atoms with E-state index in [1.807, 2.05) is 54.6 Å². The molecule has 0 radical (unpaired) electrons. The molecule has 5 rings (SSSR count). The Labute approximate surface area is 189 Å². The summed E-state index contributed by atoms with van der Waals surface area (Å²) < 4.78 is 13.0. The Morgan fingerprint density at radius 2 is 1.71 bits per heavy atom. The second kappa shape index (κ2) is 7.84. The minimum atomic E-state index is -0.124. The van der Waals surface area contributed by atoms with Crippen molar-refractivity contribution >= 4 is 45.9 Å². The summed E-state index contributed by atoms with van der Waals surface area (Å²) in [6.07, 6.45) is 2.15. The van der Waals surface area contributed by atoms with Crippen LogP contribution in [0, 0.1) is 0 Å². The van der Waals surface area contributed by atoms with Gasteiger partial charge in [0.05, 0.1) is 41.3 Å². The minimum absolute atomic E-state index is 0.124. The number of methoxy groups -OCH3 is 2. The number of fused-ring (bicyclic) bond motifs is 3. The van der Waals surface area contributed by atoms with E-state index in [-0.39, 0.29) is 6.04 Å². The van der Waals surface area contributed by atoms with Crippen molar-refractivity contribution in [3.05, 3.63) is 87.9 Å². The molecule has 2 heterocycles. The standard InChI is InChI=1S/C24H19Cl2N3O2/c1-30-22-10-8-14(12-23(22)31-2)19-13-21(15-7-9-16(25)17(26)11-15)29-20-6-4-3-5-18(20)27-24(29)28-19/h3-13,21H,1-2H3,(H,27,28). The summed E-state index contributed by atoms with van der Waals surface area (Å²) in [7, 11) is 3.25. The Morgan fingerprint density at radius 3 is 2.48 bits per heavy atom. The fraction of sp³-hybridized carbons (Fsp3) is 0.125. The number of halogens is 2. The Hall–Kier alpha value is -3.15. The highest BCUT2D eigenvalue weighted by Gasteiger charge is 2.26. The van der Waals surface area contributed by atoms with Gasteiger partial charge in [0.25, 0.3) is 0 Å². The van der Waals surface area contributed by atoms with E-state index in [0.717, 1.165) is 33.8 Å². The Bertz CT molecular complexity index is 1330. The van der Waals surface area contributed by atoms with Crippen molar-refractivity contribution < 1.29 is 9.47 Å². The van der Waals surface area contributed by atoms with Crippen molar-refractivity contribution in [1.29, 1.82) is 0 Å². The smallest absolute Gasteiger partial charge is 0.209 e. The van der Waals surface area contributed by atoms with Crippen LogP contribution in [0.4, 0.5) is 5.95 Å². The molecule has 3 aromatic carbocycles. The van der Waals surface area contributed by atoms with E-state index in [1.54, 1.807) is 14.2 Å². The minimum Gasteiger partial charge on any atom is -0.493 e. The van der Waals surface area contributed by atoms with Crippen molar-refractivity contribution in [3.63, 3.8) is 0 Å². The molecule has 1 unspecified atom stereocenters. The number of benzene rings is 3. The number of anilines is 1. The summed E-state index contributed by atoms with van der Waals surface area (Å²) in [5.74, 6) is 2.09. The number of hydrogen-bond donors (Lipinski definition) is 1. The van der Waals surface area contributed by atoms with Gasteiger partial charge in [-0.15, -0.1) is 0 Å². The largest absolute Gasteiger partial charge is 0.493 e. The zero-order valence-corrected chi connectivity index (χ0v) is 18.4. The quantitative estimate of drug-likeness (QED) is 0.389. The molecule has 1 aliphatic heterocycles. The fourth-order valence-corrected chi connectivity index (χ4v) is 4.23. The molecule has 4 aromatic rings. The molecule has 156 valence electrons. The van der Waals surface area contributed by atoms with Crippen LogP contribution in [0.15, 0.2) is 66.7 Å². The normalized spacial score (nSPS) is 15.2. The average molecular weight is 452 g/mol. The van der Waals surface area contributed by atoms with Crippen molar-refractivity contribution in [2.45, 2.75) is 6.04 Å². The molecule has 0 aliphatic carbocycles. The number of nitrogens with zero attached hydrogens (tertiary/aromatic N) is 2. The van der Waals surface area contributed by atoms with Crippen LogP contribution in [-0.4, -0.2) is 23.8 Å². The number of rotatable bonds is 4. The molecule has 1 atom stereocenters. The molecule has 1 aliphatic rings. The van der Waals surface area contributed by atoms with E-state index in [0.29, 0.717) is 21.5 Å². The van der Waals surface area contributed by atoms with Crippen LogP contribution in [0.5, 0.6) is 11.5 Å². The molecule has 0 saturated heterocycles. The summed E-state index contributed by atoms with van der Waals surface area (Å²) in [6.45, 7) is 0. The third-order valence-electron chi connectivity index (χ3n) is 5.42. The third-order valence-corrected chi connectivity index (χ3v) is 6.16. The highest BCUT2D eigenvalue weighted by molar-refractivity contribution is 6.42. The molecule has 0 saturated carbocycles. The van der Waals surface area contributed by atoms with Gasteiger partial charge in [0.1, 0.15) is 0 Å². The predicted molar refractivity (Wildman–Crippen MR) is 125 cm³/mol. The van der Waals surface area contributed by atoms with Gasteiger partial charge in [-0.3, -0.25) is 4.57 Å². The first-order chi connectivity index (χ1) is 15.1. The summed E-state index contributed by atoms with van der Waals surface area (Å²) >= 11 is 12.5. The predicted octanol–water partition coefficient (Wildman–Crippen LogP) is 6.42. The van der Waals surface area contributed by atoms with E-state index in [4.69, 9.17) is 37.7 Å². The number of aromatic nitrogens is 2. The number of nitrogens with one attached hydrogen (secondary N) is 1. The van der Waals surface area contributed by atoms with E-state index < -0.39 is 0 Å². The monoisotopic (exact) mass is 451 g/mol. The lowest BCUT2D eigenvalue weighted by atomic mass is 10.0. The van der Waals surface area contributed by atoms with E-state index in [2.05, 4.69) is 22.0 Å². The van der Waals surface area contributed by atoms with Gasteiger partial charge < -0.3 is 14.8 Å². The number of para-hydroxylation sites is 2. The number of ether oxygens (including phenoxy) is 2. The molecule has 1 aromatic heterocycles. The second-order valence-electron chi connectivity index (χ2n) is 7.19. The fourth-order valence-electron chi connectivity index (χ4n) is 3.92. The van der Waals surface area contributed by atoms with Crippen LogP contribution in [0.25, 0.3) is 16.7 Å². The molecule has 1 N–H and O–H groups in total. The molecule has 0 spiro atoms. The molecular weight excluding hydrogens is 433 g/mol. The topological polar surface area (TPSA) is 48.3 Å². The first-order valence-electron chi connectivity index (χ1n) is 9.72. The van der Waals surface area contributed by atoms with Crippen LogP contribution in [0.2, 0.25) is 10.0 Å². The van der Waals surface area contributed by atoms with E-state index >= 15 is 0 Å². The maximum Gasteiger partial charge on any atom is 0.209 e. The van der Waals surface area contributed by atoms with Crippen molar-refractivity contribution in [1.82, 2.24) is 9.55 Å². The molecule has 31 heavy (non-hydrogen) atoms. The van der Waals surface area contributed by atoms with Gasteiger partial charge in [0.15, 0.2) is 11.5 Å². The van der Waals surface area contributed by atoms with Gasteiger partial charge in [-0.1, -0.05) is 41.4 Å². The zero-order chi connectivity index (χ0) is 21.5. The summed E-state index contributed by atoms with van der Waals surface area (Å²) in [6, 6.07) is 19.5. The summed E-state index contributed by atoms with van der Waals surface area (Å²) in [5.41, 5.74) is 4.83. The van der Waals surface area contributed by atoms with Crippen molar-refractivity contribution in [2.24, 2.45) is 0 Å². The first-order valence-corrected chi connectivity index (χ1v) is 10.5. The Balaban J connectivity index is 1.69. The van der Waals surface area contributed by atoms with Gasteiger partial charge in [-0.2, -0.15) is 0 Å². The molecule has 0 amide bonds. The number of allylic oxidation sites excluding steroid dienone is 1. The van der Waals surface area contributed by atoms with Crippen LogP contribution >= 0.6 is 23.2 Å². The first kappa shape index (κ1) is 19.8. The lowest BCUT2D eigenvalue weighted by Crippen LogP contribution is -2.19. The highest BCUT2D eigenvalue weighted by Crippen LogP contribution is 2.39. The maximum atomic E-state index is 6.36. The molecule has 7 heteroatoms. The van der Waals surface area contributed by atoms with Crippen LogP contribution < -0.4 is 14.8 Å². The van der Waals surface area contributed by atoms with Crippen molar-refractivity contribution in [2.75, 3.05) is 19.5 Å². The Morgan fingerprint density at radius 1 is 0.903 bits per heavy atom. The molecular formula is C24H19Cl2N3O2. The van der Waals surface area contributed by atoms with E-state index in [9.17, 15) is 0 Å². The van der Waals surface area contributed by atoms with E-state index in [1.165, 1.54) is 0 Å². The van der Waals surface area contributed by atoms with Gasteiger partial charge in [0.2, 0.25) is 5.95 Å². The number of imidazole rings is 1. The van der Waals surface area contributed by atoms with Gasteiger partial charge >= 0.3 is 0 Å². The summed E-state index contributed by atoms with van der Waals surface area (Å²) in [4.78, 5) is 4.82. The lowest BCUT2D eigenvalue weighted by molar-refractivity contribution is 0.355. The molecule has 5 nitrogen and oxygen atoms in total. The van der Waals surface area contributed by atoms with Crippen molar-refractivity contribution in [3.8, 4) is 11.5 Å². The lowest BCUT2D eigenvalue weighted by Gasteiger charge is -2.27. The molecule has 0 bridgehead atoms. The third kappa shape index (κ3) is 3.40. The van der Waals surface area contributed by atoms with Crippen LogP contribution in [-0.2, 0) is 0 Å². The van der Waals surface area contributed by atoms with Gasteiger partial charge in [-0.05, 0) is 54.1 Å². The second-order valence-corrected chi connectivity index (χ2v) is 8.00. The highest BCUT2D eigenvalue weighted by atomic mass is 35.5. The number of hydrogen-bond acceptors (Lipinski definition) is 4. The van der Waals surface area contributed by atoms with Gasteiger partial charge in [0, 0.05) is 11.3 Å². The zero-order valence-electron chi connectivity index (χ0n) is 16.9. The molecule has 0 fully saturated rings. The van der Waals surface area contributed by atoms with Crippen LogP contribution in [0.3, 0.4) is 0 Å². The SMILES string of the molecule is COc1ccc(C2=CC(c3ccc(Cl)c(Cl)c3)n3c(nc4ccccc43)N2)cc1OC. The summed E-state index contributed by atoms with van der Waals surface area (Å²) in [5, 5.41) is 4.52.